The Morgan fingerprint density at radius 1 is 1.50 bits per heavy atom. The number of rotatable bonds is 8. The van der Waals surface area contributed by atoms with Crippen LogP contribution in [0, 0.1) is 0 Å². The lowest BCUT2D eigenvalue weighted by atomic mass is 10.3. The van der Waals surface area contributed by atoms with Crippen LogP contribution in [0.2, 0.25) is 0 Å². The van der Waals surface area contributed by atoms with E-state index in [-0.39, 0.29) is 6.10 Å². The van der Waals surface area contributed by atoms with Gasteiger partial charge in [0.25, 0.3) is 0 Å². The van der Waals surface area contributed by atoms with Gasteiger partial charge in [-0.05, 0) is 36.5 Å². The average molecular weight is 281 g/mol. The fourth-order valence-corrected chi connectivity index (χ4v) is 2.18. The van der Waals surface area contributed by atoms with Crippen molar-refractivity contribution in [1.29, 1.82) is 0 Å². The predicted octanol–water partition coefficient (Wildman–Crippen LogP) is 4.22. The summed E-state index contributed by atoms with van der Waals surface area (Å²) in [6, 6.07) is 0. The summed E-state index contributed by atoms with van der Waals surface area (Å²) in [7, 11) is 0. The van der Waals surface area contributed by atoms with Crippen LogP contribution in [0.5, 0.6) is 0 Å². The largest absolute Gasteiger partial charge is 0.374 e. The average Bonchev–Trinajstić information content (AvgIpc) is 2.17. The normalized spacial score (nSPS) is 14.4. The molecule has 0 aliphatic carbocycles. The van der Waals surface area contributed by atoms with E-state index in [0.717, 1.165) is 30.5 Å². The van der Waals surface area contributed by atoms with Gasteiger partial charge in [0.05, 0.1) is 6.10 Å². The lowest BCUT2D eigenvalue weighted by molar-refractivity contribution is 0.0985. The minimum Gasteiger partial charge on any atom is -0.374 e. The summed E-state index contributed by atoms with van der Waals surface area (Å²) in [4.78, 5) is 1.44. The molecule has 0 aliphatic rings. The molecule has 0 bridgehead atoms. The number of halogens is 1. The molecule has 1 unspecified atom stereocenters. The summed E-state index contributed by atoms with van der Waals surface area (Å²) in [5, 5.41) is 1.02. The molecule has 0 radical (unpaired) electrons. The second-order valence-electron chi connectivity index (χ2n) is 3.04. The van der Waals surface area contributed by atoms with Gasteiger partial charge in [-0.15, -0.1) is 11.8 Å². The van der Waals surface area contributed by atoms with Crippen molar-refractivity contribution in [2.75, 3.05) is 17.7 Å². The van der Waals surface area contributed by atoms with Crippen LogP contribution < -0.4 is 0 Å². The molecule has 0 heterocycles. The molecule has 0 aliphatic heterocycles. The van der Waals surface area contributed by atoms with Gasteiger partial charge >= 0.3 is 0 Å². The molecule has 0 aromatic heterocycles. The number of thioether (sulfide) groups is 1. The molecule has 0 fully saturated rings. The number of hydrogen-bond donors (Lipinski definition) is 0. The maximum absolute atomic E-state index is 5.64. The molecule has 14 heavy (non-hydrogen) atoms. The first-order valence-corrected chi connectivity index (χ1v) is 7.36. The minimum atomic E-state index is 0.253. The van der Waals surface area contributed by atoms with Crippen LogP contribution in [0.15, 0.2) is 11.0 Å². The first-order chi connectivity index (χ1) is 6.74. The number of hydrogen-bond acceptors (Lipinski definition) is 2. The van der Waals surface area contributed by atoms with Crippen LogP contribution in [0.1, 0.15) is 33.6 Å². The Hall–Kier alpha value is 0.530. The van der Waals surface area contributed by atoms with Crippen molar-refractivity contribution in [3.8, 4) is 0 Å². The van der Waals surface area contributed by atoms with Gasteiger partial charge in [0.1, 0.15) is 0 Å². The lowest BCUT2D eigenvalue weighted by Crippen LogP contribution is -2.07. The van der Waals surface area contributed by atoms with E-state index in [1.54, 1.807) is 0 Å². The summed E-state index contributed by atoms with van der Waals surface area (Å²) < 4.78 is 5.64. The maximum Gasteiger partial charge on any atom is 0.0738 e. The number of allylic oxidation sites excluding steroid dienone is 1. The first kappa shape index (κ1) is 14.5. The molecule has 0 saturated heterocycles. The molecule has 0 saturated carbocycles. The van der Waals surface area contributed by atoms with E-state index in [1.807, 2.05) is 11.8 Å². The lowest BCUT2D eigenvalue weighted by Gasteiger charge is -2.10. The molecule has 0 spiro atoms. The Morgan fingerprint density at radius 2 is 2.21 bits per heavy atom. The van der Waals surface area contributed by atoms with Crippen molar-refractivity contribution >= 4 is 27.7 Å². The van der Waals surface area contributed by atoms with Gasteiger partial charge in [-0.25, -0.2) is 0 Å². The monoisotopic (exact) mass is 280 g/mol. The summed E-state index contributed by atoms with van der Waals surface area (Å²) in [5.74, 6) is 1.15. The number of ether oxygens (including phenoxy) is 1. The maximum atomic E-state index is 5.64. The van der Waals surface area contributed by atoms with Gasteiger partial charge in [0.2, 0.25) is 0 Å². The first-order valence-electron chi connectivity index (χ1n) is 5.25. The van der Waals surface area contributed by atoms with Crippen molar-refractivity contribution < 1.29 is 4.74 Å². The summed E-state index contributed by atoms with van der Waals surface area (Å²) in [6.07, 6.45) is 4.69. The van der Waals surface area contributed by atoms with Crippen LogP contribution >= 0.6 is 27.7 Å². The third-order valence-corrected chi connectivity index (χ3v) is 3.40. The van der Waals surface area contributed by atoms with Gasteiger partial charge in [-0.1, -0.05) is 29.8 Å². The third-order valence-electron chi connectivity index (χ3n) is 1.76. The predicted molar refractivity (Wildman–Crippen MR) is 70.3 cm³/mol. The van der Waals surface area contributed by atoms with Gasteiger partial charge in [0.15, 0.2) is 0 Å². The van der Waals surface area contributed by atoms with Crippen LogP contribution in [-0.4, -0.2) is 23.8 Å². The Morgan fingerprint density at radius 3 is 2.71 bits per heavy atom. The quantitative estimate of drug-likeness (QED) is 0.486. The van der Waals surface area contributed by atoms with E-state index in [1.165, 1.54) is 4.91 Å². The second-order valence-corrected chi connectivity index (χ2v) is 5.22. The molecular formula is C11H21BrOS. The smallest absolute Gasteiger partial charge is 0.0738 e. The molecule has 1 atom stereocenters. The Labute approximate surface area is 101 Å². The van der Waals surface area contributed by atoms with Crippen molar-refractivity contribution in [2.24, 2.45) is 0 Å². The molecule has 0 N–H and O–H groups in total. The molecule has 1 nitrogen and oxygen atoms in total. The molecule has 0 rings (SSSR count). The highest BCUT2D eigenvalue weighted by atomic mass is 79.9. The molecule has 3 heteroatoms. The van der Waals surface area contributed by atoms with Gasteiger partial charge in [-0.3, -0.25) is 0 Å². The SMILES string of the molecule is CCS/C(=C/C(C)OCCCBr)CC. The fraction of sp³-hybridized carbons (Fsp3) is 0.818. The third kappa shape index (κ3) is 7.89. The van der Waals surface area contributed by atoms with E-state index < -0.39 is 0 Å². The number of alkyl halides is 1. The molecular weight excluding hydrogens is 260 g/mol. The molecule has 84 valence electrons. The van der Waals surface area contributed by atoms with Crippen LogP contribution in [0.3, 0.4) is 0 Å². The zero-order valence-corrected chi connectivity index (χ0v) is 11.8. The van der Waals surface area contributed by atoms with Crippen LogP contribution in [-0.2, 0) is 4.74 Å². The zero-order chi connectivity index (χ0) is 10.8. The van der Waals surface area contributed by atoms with E-state index in [9.17, 15) is 0 Å². The van der Waals surface area contributed by atoms with Crippen molar-refractivity contribution in [3.05, 3.63) is 11.0 Å². The minimum absolute atomic E-state index is 0.253. The Bertz CT molecular complexity index is 159. The van der Waals surface area contributed by atoms with E-state index in [2.05, 4.69) is 42.8 Å². The molecule has 0 amide bonds. The van der Waals surface area contributed by atoms with Gasteiger partial charge < -0.3 is 4.74 Å². The van der Waals surface area contributed by atoms with E-state index >= 15 is 0 Å². The zero-order valence-electron chi connectivity index (χ0n) is 9.38. The van der Waals surface area contributed by atoms with E-state index in [0.29, 0.717) is 0 Å². The highest BCUT2D eigenvalue weighted by molar-refractivity contribution is 9.09. The second kappa shape index (κ2) is 10.1. The summed E-state index contributed by atoms with van der Waals surface area (Å²) >= 11 is 5.31. The standard InChI is InChI=1S/C11H21BrOS/c1-4-11(14-5-2)9-10(3)13-8-6-7-12/h9-10H,4-8H2,1-3H3/b11-9+. The van der Waals surface area contributed by atoms with Crippen molar-refractivity contribution in [1.82, 2.24) is 0 Å². The summed E-state index contributed by atoms with van der Waals surface area (Å²) in [6.45, 7) is 7.33. The highest BCUT2D eigenvalue weighted by Crippen LogP contribution is 2.19. The molecule has 0 aromatic carbocycles. The fourth-order valence-electron chi connectivity index (χ4n) is 1.09. The molecule has 0 aromatic rings. The van der Waals surface area contributed by atoms with E-state index in [4.69, 9.17) is 4.74 Å². The van der Waals surface area contributed by atoms with Crippen molar-refractivity contribution in [3.63, 3.8) is 0 Å². The van der Waals surface area contributed by atoms with Crippen LogP contribution in [0.4, 0.5) is 0 Å². The summed E-state index contributed by atoms with van der Waals surface area (Å²) in [5.41, 5.74) is 0. The van der Waals surface area contributed by atoms with Gasteiger partial charge in [0, 0.05) is 11.9 Å². The van der Waals surface area contributed by atoms with Crippen LogP contribution in [0.25, 0.3) is 0 Å². The Balaban J connectivity index is 3.78. The topological polar surface area (TPSA) is 9.23 Å². The van der Waals surface area contributed by atoms with Crippen molar-refractivity contribution in [2.45, 2.75) is 39.7 Å². The Kier molecular flexibility index (Phi) is 10.4. The van der Waals surface area contributed by atoms with Gasteiger partial charge in [-0.2, -0.15) is 0 Å². The highest BCUT2D eigenvalue weighted by Gasteiger charge is 2.00.